The second-order valence-corrected chi connectivity index (χ2v) is 16.3. The van der Waals surface area contributed by atoms with Crippen molar-refractivity contribution in [2.75, 3.05) is 0 Å². The molecule has 62 heavy (non-hydrogen) atoms. The van der Waals surface area contributed by atoms with Crippen LogP contribution in [0, 0.1) is 0 Å². The Morgan fingerprint density at radius 2 is 0.661 bits per heavy atom. The van der Waals surface area contributed by atoms with Crippen LogP contribution in [0.3, 0.4) is 0 Å². The Morgan fingerprint density at radius 3 is 1.02 bits per heavy atom. The molecule has 298 valence electrons. The highest BCUT2D eigenvalue weighted by atomic mass is 16.2. The summed E-state index contributed by atoms with van der Waals surface area (Å²) in [5.74, 6) is 0.953. The summed E-state index contributed by atoms with van der Waals surface area (Å²) in [4.78, 5) is 43.4. The molecule has 11 rings (SSSR count). The van der Waals surface area contributed by atoms with Gasteiger partial charge in [0.15, 0.2) is 0 Å². The predicted molar refractivity (Wildman–Crippen MR) is 251 cm³/mol. The van der Waals surface area contributed by atoms with E-state index in [4.69, 9.17) is 9.98 Å². The van der Waals surface area contributed by atoms with Crippen LogP contribution in [0.2, 0.25) is 0 Å². The first-order valence-electron chi connectivity index (χ1n) is 21.2. The Kier molecular flexibility index (Phi) is 9.08. The third kappa shape index (κ3) is 6.09. The molecule has 2 amide bonds. The van der Waals surface area contributed by atoms with Gasteiger partial charge in [-0.3, -0.25) is 29.4 Å². The number of carbonyl (C=O) groups is 2. The van der Waals surface area contributed by atoms with Crippen molar-refractivity contribution in [1.82, 2.24) is 9.80 Å². The molecule has 0 aromatic heterocycles. The van der Waals surface area contributed by atoms with E-state index < -0.39 is 24.2 Å². The van der Waals surface area contributed by atoms with Crippen LogP contribution >= 0.6 is 0 Å². The molecule has 0 aliphatic carbocycles. The van der Waals surface area contributed by atoms with E-state index in [2.05, 4.69) is 164 Å². The van der Waals surface area contributed by atoms with Crippen LogP contribution in [0.5, 0.6) is 0 Å². The third-order valence-corrected chi connectivity index (χ3v) is 12.8. The summed E-state index contributed by atoms with van der Waals surface area (Å²) in [6.07, 6.45) is 0. The van der Waals surface area contributed by atoms with Crippen LogP contribution < -0.4 is 0 Å². The number of hydrogen-bond donors (Lipinski definition) is 0. The molecule has 9 aromatic carbocycles. The van der Waals surface area contributed by atoms with Gasteiger partial charge in [-0.15, -0.1) is 0 Å². The van der Waals surface area contributed by atoms with E-state index >= 15 is 0 Å². The van der Waals surface area contributed by atoms with Gasteiger partial charge in [-0.1, -0.05) is 188 Å². The number of amides is 2. The van der Waals surface area contributed by atoms with E-state index in [1.54, 1.807) is 13.8 Å². The number of benzene rings is 9. The molecule has 0 unspecified atom stereocenters. The van der Waals surface area contributed by atoms with Crippen molar-refractivity contribution in [1.29, 1.82) is 0 Å². The van der Waals surface area contributed by atoms with Crippen molar-refractivity contribution in [3.8, 4) is 0 Å². The number of carbonyl (C=O) groups excluding carboxylic acids is 2. The highest BCUT2D eigenvalue weighted by molar-refractivity contribution is 6.14. The van der Waals surface area contributed by atoms with E-state index in [1.807, 2.05) is 40.1 Å². The van der Waals surface area contributed by atoms with E-state index in [0.29, 0.717) is 11.7 Å². The molecule has 0 N–H and O–H groups in total. The van der Waals surface area contributed by atoms with Crippen LogP contribution in [0.15, 0.2) is 204 Å². The molecule has 0 bridgehead atoms. The van der Waals surface area contributed by atoms with E-state index in [1.165, 1.54) is 0 Å². The minimum absolute atomic E-state index is 0.106. The minimum atomic E-state index is -0.424. The van der Waals surface area contributed by atoms with Gasteiger partial charge in [-0.05, 0) is 71.4 Å². The predicted octanol–water partition coefficient (Wildman–Crippen LogP) is 12.5. The van der Waals surface area contributed by atoms with Crippen LogP contribution in [0.4, 0.5) is 0 Å². The molecule has 4 atom stereocenters. The van der Waals surface area contributed by atoms with Crippen LogP contribution in [0.1, 0.15) is 71.4 Å². The first-order chi connectivity index (χ1) is 30.4. The van der Waals surface area contributed by atoms with Gasteiger partial charge in [0.25, 0.3) is 0 Å². The summed E-state index contributed by atoms with van der Waals surface area (Å²) < 4.78 is 0. The van der Waals surface area contributed by atoms with E-state index in [9.17, 15) is 9.59 Å². The molecule has 2 heterocycles. The fourth-order valence-corrected chi connectivity index (χ4v) is 10.1. The Morgan fingerprint density at radius 1 is 0.371 bits per heavy atom. The van der Waals surface area contributed by atoms with Crippen molar-refractivity contribution in [2.45, 2.75) is 38.0 Å². The van der Waals surface area contributed by atoms with Gasteiger partial charge >= 0.3 is 0 Å². The summed E-state index contributed by atoms with van der Waals surface area (Å²) >= 11 is 0. The molecule has 0 saturated heterocycles. The maximum atomic E-state index is 14.3. The molecule has 0 spiro atoms. The van der Waals surface area contributed by atoms with Crippen LogP contribution in [-0.2, 0) is 9.59 Å². The summed E-state index contributed by atoms with van der Waals surface area (Å²) in [6.45, 7) is 3.26. The highest BCUT2D eigenvalue weighted by Crippen LogP contribution is 2.49. The number of nitrogens with zero attached hydrogens (tertiary/aromatic N) is 4. The van der Waals surface area contributed by atoms with E-state index in [0.717, 1.165) is 76.5 Å². The molecule has 6 heteroatoms. The van der Waals surface area contributed by atoms with Crippen molar-refractivity contribution < 1.29 is 9.59 Å². The normalized spacial score (nSPS) is 18.7. The Labute approximate surface area is 360 Å². The quantitative estimate of drug-likeness (QED) is 0.168. The lowest BCUT2D eigenvalue weighted by atomic mass is 9.88. The first kappa shape index (κ1) is 37.3. The van der Waals surface area contributed by atoms with Gasteiger partial charge in [0.1, 0.15) is 23.8 Å². The SMILES string of the molecule is CC(=O)N1C(c2cccc(C3=N[C@@H](c4cccc5ccccc45)[C@H](c4cccc5ccccc45)N3C(C)=O)c2)=N[C@@H](c2cccc3ccccc23)[C@@H]1c1cccc2ccccc12. The highest BCUT2D eigenvalue weighted by Gasteiger charge is 2.44. The zero-order valence-electron chi connectivity index (χ0n) is 34.4. The summed E-state index contributed by atoms with van der Waals surface area (Å²) in [5, 5.41) is 8.80. The smallest absolute Gasteiger partial charge is 0.225 e. The van der Waals surface area contributed by atoms with Gasteiger partial charge in [0.05, 0.1) is 12.1 Å². The monoisotopic (exact) mass is 802 g/mol. The number of fused-ring (bicyclic) bond motifs is 4. The zero-order chi connectivity index (χ0) is 41.9. The fraction of sp³-hybridized carbons (Fsp3) is 0.107. The van der Waals surface area contributed by atoms with Crippen molar-refractivity contribution in [2.24, 2.45) is 9.98 Å². The summed E-state index contributed by atoms with van der Waals surface area (Å²) in [7, 11) is 0. The first-order valence-corrected chi connectivity index (χ1v) is 21.2. The number of rotatable bonds is 6. The Hall–Kier alpha value is -7.70. The molecule has 6 nitrogen and oxygen atoms in total. The lowest BCUT2D eigenvalue weighted by Gasteiger charge is -2.30. The maximum absolute atomic E-state index is 14.3. The third-order valence-electron chi connectivity index (χ3n) is 12.8. The summed E-state index contributed by atoms with van der Waals surface area (Å²) in [6, 6.07) is 65.2. The summed E-state index contributed by atoms with van der Waals surface area (Å²) in [5.41, 5.74) is 5.71. The lowest BCUT2D eigenvalue weighted by Crippen LogP contribution is -2.37. The standard InChI is InChI=1S/C56H42N4O2/c1-35(61)59-53(49-32-14-22-39-18-5-9-28-45(39)49)51(47-30-12-20-37-16-3-7-26-43(37)47)57-55(59)41-24-11-25-42(34-41)56-58-52(48-31-13-21-38-17-4-8-27-44(38)48)54(60(56)36(2)62)50-33-15-23-40-19-6-10-29-46(40)50/h3-34,51-54H,1-2H3/t51-,52-,53-,54-/m0/s1. The van der Waals surface area contributed by atoms with Crippen LogP contribution in [0.25, 0.3) is 43.1 Å². The molecule has 9 aromatic rings. The largest absolute Gasteiger partial charge is 0.287 e. The van der Waals surface area contributed by atoms with Gasteiger partial charge in [-0.25, -0.2) is 0 Å². The Balaban J connectivity index is 1.10. The number of amidine groups is 2. The molecule has 2 aliphatic rings. The van der Waals surface area contributed by atoms with Gasteiger partial charge < -0.3 is 0 Å². The molecule has 0 radical (unpaired) electrons. The van der Waals surface area contributed by atoms with Crippen molar-refractivity contribution in [3.05, 3.63) is 228 Å². The maximum Gasteiger partial charge on any atom is 0.225 e. The molecular formula is C56H42N4O2. The average Bonchev–Trinajstić information content (AvgIpc) is 3.92. The molecular weight excluding hydrogens is 761 g/mol. The molecule has 2 aliphatic heterocycles. The number of aliphatic imine (C=N–C) groups is 2. The lowest BCUT2D eigenvalue weighted by molar-refractivity contribution is -0.127. The van der Waals surface area contributed by atoms with Gasteiger partial charge in [0.2, 0.25) is 11.8 Å². The fourth-order valence-electron chi connectivity index (χ4n) is 10.1. The van der Waals surface area contributed by atoms with Gasteiger partial charge in [0, 0.05) is 25.0 Å². The second-order valence-electron chi connectivity index (χ2n) is 16.3. The average molecular weight is 803 g/mol. The second kappa shape index (κ2) is 15.1. The number of hydrogen-bond acceptors (Lipinski definition) is 4. The van der Waals surface area contributed by atoms with Gasteiger partial charge in [-0.2, -0.15) is 0 Å². The van der Waals surface area contributed by atoms with E-state index in [-0.39, 0.29) is 11.8 Å². The van der Waals surface area contributed by atoms with Crippen LogP contribution in [-0.4, -0.2) is 33.3 Å². The molecule has 0 saturated carbocycles. The van der Waals surface area contributed by atoms with Crippen molar-refractivity contribution in [3.63, 3.8) is 0 Å². The topological polar surface area (TPSA) is 65.3 Å². The molecule has 0 fully saturated rings. The Bertz CT molecular complexity index is 3090. The minimum Gasteiger partial charge on any atom is -0.287 e. The van der Waals surface area contributed by atoms with Crippen molar-refractivity contribution >= 4 is 66.6 Å². The zero-order valence-corrected chi connectivity index (χ0v) is 34.4.